The Morgan fingerprint density at radius 2 is 2.07 bits per heavy atom. The lowest BCUT2D eigenvalue weighted by Crippen LogP contribution is -1.89. The molecular weight excluding hydrogens is 212 g/mol. The first-order valence-electron chi connectivity index (χ1n) is 5.11. The van der Waals surface area contributed by atoms with Crippen molar-refractivity contribution in [3.8, 4) is 0 Å². The summed E-state index contributed by atoms with van der Waals surface area (Å²) >= 11 is 1.03. The molecule has 0 saturated heterocycles. The maximum Gasteiger partial charge on any atom is 0.0717 e. The summed E-state index contributed by atoms with van der Waals surface area (Å²) in [5.41, 5.74) is 1.23. The van der Waals surface area contributed by atoms with Crippen LogP contribution in [0.4, 0.5) is 0 Å². The summed E-state index contributed by atoms with van der Waals surface area (Å²) in [5, 5.41) is 11.7. The van der Waals surface area contributed by atoms with Crippen molar-refractivity contribution in [1.82, 2.24) is 0 Å². The van der Waals surface area contributed by atoms with Crippen LogP contribution in [-0.4, -0.2) is 5.26 Å². The van der Waals surface area contributed by atoms with Crippen LogP contribution in [0.3, 0.4) is 0 Å². The van der Waals surface area contributed by atoms with Crippen molar-refractivity contribution in [2.24, 2.45) is 0 Å². The molecule has 0 amide bonds. The smallest absolute Gasteiger partial charge is 0.0717 e. The molecule has 0 aliphatic carbocycles. The third-order valence-electron chi connectivity index (χ3n) is 2.18. The molecule has 0 atom stereocenters. The van der Waals surface area contributed by atoms with Crippen LogP contribution in [0, 0.1) is 0 Å². The second-order valence-corrected chi connectivity index (χ2v) is 4.03. The Hall–Kier alpha value is -0.550. The monoisotopic (exact) mass is 228 g/mol. The van der Waals surface area contributed by atoms with Gasteiger partial charge in [0.2, 0.25) is 0 Å². The third kappa shape index (κ3) is 4.66. The molecule has 15 heavy (non-hydrogen) atoms. The number of unbranched alkanes of at least 4 members (excludes halogenated alkanes) is 2. The first-order chi connectivity index (χ1) is 7.38. The number of rotatable bonds is 7. The van der Waals surface area contributed by atoms with Gasteiger partial charge in [0.25, 0.3) is 0 Å². The largest absolute Gasteiger partial charge is 0.220 e. The molecule has 3 nitrogen and oxygen atoms in total. The molecule has 0 aromatic heterocycles. The van der Waals surface area contributed by atoms with Crippen LogP contribution in [0.25, 0.3) is 0 Å². The standard InChI is InChI=1S/C11H16O3S/c1-2-3-4-7-10-8-5-6-9-11(10)15-14-13-12/h5-6,8-9,12H,2-4,7H2,1H3. The number of hydrogen-bond donors (Lipinski definition) is 1. The highest BCUT2D eigenvalue weighted by Gasteiger charge is 2.03. The minimum absolute atomic E-state index is 0.989. The average Bonchev–Trinajstić information content (AvgIpc) is 2.28. The summed E-state index contributed by atoms with van der Waals surface area (Å²) in [6.07, 6.45) is 4.65. The van der Waals surface area contributed by atoms with Gasteiger partial charge in [0.05, 0.1) is 12.0 Å². The minimum Gasteiger partial charge on any atom is -0.220 e. The van der Waals surface area contributed by atoms with E-state index in [1.807, 2.05) is 18.2 Å². The van der Waals surface area contributed by atoms with E-state index in [9.17, 15) is 0 Å². The van der Waals surface area contributed by atoms with Crippen LogP contribution >= 0.6 is 12.0 Å². The number of aryl methyl sites for hydroxylation is 1. The van der Waals surface area contributed by atoms with Crippen molar-refractivity contribution in [2.75, 3.05) is 0 Å². The van der Waals surface area contributed by atoms with E-state index in [0.717, 1.165) is 23.4 Å². The fourth-order valence-corrected chi connectivity index (χ4v) is 1.92. The molecule has 0 spiro atoms. The molecule has 1 N–H and O–H groups in total. The van der Waals surface area contributed by atoms with Crippen LogP contribution in [0.1, 0.15) is 31.7 Å². The highest BCUT2D eigenvalue weighted by molar-refractivity contribution is 7.94. The van der Waals surface area contributed by atoms with Crippen molar-refractivity contribution in [3.63, 3.8) is 0 Å². The molecule has 4 heteroatoms. The van der Waals surface area contributed by atoms with Gasteiger partial charge in [0.1, 0.15) is 0 Å². The number of benzene rings is 1. The van der Waals surface area contributed by atoms with Crippen LogP contribution in [0.2, 0.25) is 0 Å². The second-order valence-electron chi connectivity index (χ2n) is 3.29. The maximum absolute atomic E-state index is 8.09. The van der Waals surface area contributed by atoms with Crippen molar-refractivity contribution in [1.29, 1.82) is 0 Å². The normalized spacial score (nSPS) is 10.5. The van der Waals surface area contributed by atoms with Crippen molar-refractivity contribution < 1.29 is 14.6 Å². The lowest BCUT2D eigenvalue weighted by atomic mass is 10.1. The lowest BCUT2D eigenvalue weighted by molar-refractivity contribution is -0.432. The fourth-order valence-electron chi connectivity index (χ4n) is 1.41. The van der Waals surface area contributed by atoms with E-state index in [1.54, 1.807) is 0 Å². The van der Waals surface area contributed by atoms with E-state index in [0.29, 0.717) is 0 Å². The van der Waals surface area contributed by atoms with Gasteiger partial charge in [-0.15, -0.1) is 4.33 Å². The van der Waals surface area contributed by atoms with Gasteiger partial charge in [0.15, 0.2) is 0 Å². The summed E-state index contributed by atoms with van der Waals surface area (Å²) in [7, 11) is 0. The van der Waals surface area contributed by atoms with Crippen LogP contribution < -0.4 is 0 Å². The Labute approximate surface area is 94.5 Å². The molecule has 1 aromatic carbocycles. The van der Waals surface area contributed by atoms with E-state index in [1.165, 1.54) is 24.8 Å². The van der Waals surface area contributed by atoms with E-state index in [2.05, 4.69) is 22.4 Å². The molecule has 0 aliphatic heterocycles. The first kappa shape index (κ1) is 12.5. The van der Waals surface area contributed by atoms with Gasteiger partial charge >= 0.3 is 0 Å². The van der Waals surface area contributed by atoms with Crippen LogP contribution in [-0.2, 0) is 15.8 Å². The SMILES string of the molecule is CCCCCc1ccccc1SOOO. The minimum atomic E-state index is 0.989. The van der Waals surface area contributed by atoms with Gasteiger partial charge in [-0.1, -0.05) is 43.0 Å². The molecule has 0 heterocycles. The second kappa shape index (κ2) is 7.70. The zero-order valence-electron chi connectivity index (χ0n) is 8.81. The summed E-state index contributed by atoms with van der Waals surface area (Å²) in [5.74, 6) is 0. The summed E-state index contributed by atoms with van der Waals surface area (Å²) in [6.45, 7) is 2.18. The maximum atomic E-state index is 8.09. The number of hydrogen-bond acceptors (Lipinski definition) is 4. The van der Waals surface area contributed by atoms with Gasteiger partial charge in [-0.05, 0) is 24.5 Å². The van der Waals surface area contributed by atoms with E-state index < -0.39 is 0 Å². The molecular formula is C11H16O3S. The molecule has 84 valence electrons. The summed E-state index contributed by atoms with van der Waals surface area (Å²) in [6, 6.07) is 7.96. The third-order valence-corrected chi connectivity index (χ3v) is 2.88. The van der Waals surface area contributed by atoms with Crippen molar-refractivity contribution in [2.45, 2.75) is 37.5 Å². The van der Waals surface area contributed by atoms with Gasteiger partial charge in [-0.2, -0.15) is 0 Å². The zero-order valence-corrected chi connectivity index (χ0v) is 9.63. The lowest BCUT2D eigenvalue weighted by Gasteiger charge is -2.06. The predicted molar refractivity (Wildman–Crippen MR) is 60.3 cm³/mol. The summed E-state index contributed by atoms with van der Waals surface area (Å²) in [4.78, 5) is 0.989. The Morgan fingerprint density at radius 1 is 1.27 bits per heavy atom. The van der Waals surface area contributed by atoms with E-state index in [-0.39, 0.29) is 0 Å². The van der Waals surface area contributed by atoms with Crippen molar-refractivity contribution in [3.05, 3.63) is 29.8 Å². The van der Waals surface area contributed by atoms with Gasteiger partial charge < -0.3 is 0 Å². The van der Waals surface area contributed by atoms with E-state index >= 15 is 0 Å². The Morgan fingerprint density at radius 3 is 2.80 bits per heavy atom. The van der Waals surface area contributed by atoms with Crippen LogP contribution in [0.15, 0.2) is 29.2 Å². The molecule has 0 saturated carbocycles. The molecule has 0 unspecified atom stereocenters. The van der Waals surface area contributed by atoms with Gasteiger partial charge in [0, 0.05) is 4.90 Å². The molecule has 1 aromatic rings. The summed E-state index contributed by atoms with van der Waals surface area (Å²) < 4.78 is 4.44. The Kier molecular flexibility index (Phi) is 6.43. The molecule has 0 aliphatic rings. The zero-order chi connectivity index (χ0) is 10.9. The van der Waals surface area contributed by atoms with Gasteiger partial charge in [-0.25, -0.2) is 5.26 Å². The topological polar surface area (TPSA) is 38.7 Å². The Balaban J connectivity index is 2.52. The average molecular weight is 228 g/mol. The van der Waals surface area contributed by atoms with E-state index in [4.69, 9.17) is 5.26 Å². The molecule has 0 bridgehead atoms. The van der Waals surface area contributed by atoms with Crippen molar-refractivity contribution >= 4 is 12.0 Å². The van der Waals surface area contributed by atoms with Crippen LogP contribution in [0.5, 0.6) is 0 Å². The fraction of sp³-hybridized carbons (Fsp3) is 0.455. The predicted octanol–water partition coefficient (Wildman–Crippen LogP) is 3.85. The quantitative estimate of drug-likeness (QED) is 0.333. The molecule has 1 rings (SSSR count). The van der Waals surface area contributed by atoms with Gasteiger partial charge in [-0.3, -0.25) is 0 Å². The molecule has 0 fully saturated rings. The Bertz CT molecular complexity index is 278. The highest BCUT2D eigenvalue weighted by Crippen LogP contribution is 2.24. The molecule has 0 radical (unpaired) electrons. The highest BCUT2D eigenvalue weighted by atomic mass is 32.2. The first-order valence-corrected chi connectivity index (χ1v) is 5.85.